The van der Waals surface area contributed by atoms with E-state index in [1.165, 1.54) is 6.07 Å². The normalized spacial score (nSPS) is 21.2. The summed E-state index contributed by atoms with van der Waals surface area (Å²) in [6.45, 7) is 3.38. The Balaban J connectivity index is 2.26. The second-order valence-corrected chi connectivity index (χ2v) is 4.80. The van der Waals surface area contributed by atoms with Gasteiger partial charge in [-0.25, -0.2) is 8.78 Å². The molecule has 0 aliphatic carbocycles. The second-order valence-electron chi connectivity index (χ2n) is 4.80. The van der Waals surface area contributed by atoms with E-state index in [9.17, 15) is 13.9 Å². The van der Waals surface area contributed by atoms with Crippen LogP contribution in [0.5, 0.6) is 0 Å². The first-order chi connectivity index (χ1) is 8.01. The predicted octanol–water partition coefficient (Wildman–Crippen LogP) is 2.17. The fourth-order valence-electron chi connectivity index (χ4n) is 2.43. The molecular formula is C13H17F2NO. The van der Waals surface area contributed by atoms with E-state index in [-0.39, 0.29) is 5.92 Å². The highest BCUT2D eigenvalue weighted by Crippen LogP contribution is 2.35. The van der Waals surface area contributed by atoms with Gasteiger partial charge in [-0.3, -0.25) is 0 Å². The molecule has 1 aliphatic heterocycles. The number of hydrogen-bond donors (Lipinski definition) is 2. The zero-order valence-corrected chi connectivity index (χ0v) is 9.84. The molecule has 0 radical (unpaired) electrons. The fraction of sp³-hybridized carbons (Fsp3) is 0.538. The average Bonchev–Trinajstić information content (AvgIpc) is 2.33. The molecule has 0 amide bonds. The van der Waals surface area contributed by atoms with Gasteiger partial charge in [0.2, 0.25) is 0 Å². The van der Waals surface area contributed by atoms with Gasteiger partial charge < -0.3 is 10.4 Å². The van der Waals surface area contributed by atoms with Crippen molar-refractivity contribution in [3.63, 3.8) is 0 Å². The Labute approximate surface area is 99.7 Å². The molecule has 0 saturated carbocycles. The molecule has 1 heterocycles. The lowest BCUT2D eigenvalue weighted by Gasteiger charge is -2.36. The first-order valence-corrected chi connectivity index (χ1v) is 5.90. The summed E-state index contributed by atoms with van der Waals surface area (Å²) in [6, 6.07) is 3.62. The van der Waals surface area contributed by atoms with Gasteiger partial charge in [0.1, 0.15) is 0 Å². The lowest BCUT2D eigenvalue weighted by molar-refractivity contribution is -0.0189. The Bertz CT molecular complexity index is 400. The lowest BCUT2D eigenvalue weighted by atomic mass is 9.78. The zero-order chi connectivity index (χ0) is 12.5. The number of hydrogen-bond acceptors (Lipinski definition) is 2. The lowest BCUT2D eigenvalue weighted by Crippen LogP contribution is -2.39. The molecule has 0 bridgehead atoms. The number of benzene rings is 1. The maximum absolute atomic E-state index is 13.2. The number of nitrogens with one attached hydrogen (secondary N) is 1. The largest absolute Gasteiger partial charge is 0.385 e. The van der Waals surface area contributed by atoms with Gasteiger partial charge in [0.15, 0.2) is 11.6 Å². The van der Waals surface area contributed by atoms with Crippen LogP contribution in [0.1, 0.15) is 25.3 Å². The smallest absolute Gasteiger partial charge is 0.159 e. The van der Waals surface area contributed by atoms with Crippen LogP contribution in [0.4, 0.5) is 8.78 Å². The van der Waals surface area contributed by atoms with Gasteiger partial charge in [-0.2, -0.15) is 0 Å². The molecule has 1 atom stereocenters. The topological polar surface area (TPSA) is 32.3 Å². The Kier molecular flexibility index (Phi) is 3.45. The molecule has 0 spiro atoms. The summed E-state index contributed by atoms with van der Waals surface area (Å²) in [7, 11) is 0. The molecule has 1 aromatic carbocycles. The minimum absolute atomic E-state index is 0.0774. The van der Waals surface area contributed by atoms with E-state index in [2.05, 4.69) is 5.32 Å². The van der Waals surface area contributed by atoms with Crippen LogP contribution in [-0.4, -0.2) is 18.2 Å². The molecule has 1 saturated heterocycles. The van der Waals surface area contributed by atoms with Gasteiger partial charge in [-0.1, -0.05) is 6.07 Å². The van der Waals surface area contributed by atoms with E-state index in [4.69, 9.17) is 0 Å². The summed E-state index contributed by atoms with van der Waals surface area (Å²) in [5.74, 6) is -1.71. The first kappa shape index (κ1) is 12.5. The van der Waals surface area contributed by atoms with Crippen LogP contribution in [-0.2, 0) is 5.60 Å². The summed E-state index contributed by atoms with van der Waals surface area (Å²) >= 11 is 0. The van der Waals surface area contributed by atoms with E-state index < -0.39 is 17.2 Å². The summed E-state index contributed by atoms with van der Waals surface area (Å²) in [6.07, 6.45) is 1.68. The van der Waals surface area contributed by atoms with Gasteiger partial charge in [0.25, 0.3) is 0 Å². The Morgan fingerprint density at radius 3 is 2.47 bits per heavy atom. The monoisotopic (exact) mass is 241 g/mol. The van der Waals surface area contributed by atoms with Crippen molar-refractivity contribution in [3.05, 3.63) is 35.4 Å². The number of rotatable bonds is 2. The summed E-state index contributed by atoms with van der Waals surface area (Å²) in [5, 5.41) is 13.7. The van der Waals surface area contributed by atoms with Crippen molar-refractivity contribution in [2.24, 2.45) is 5.92 Å². The van der Waals surface area contributed by atoms with Crippen LogP contribution in [0.3, 0.4) is 0 Å². The van der Waals surface area contributed by atoms with Crippen molar-refractivity contribution in [3.8, 4) is 0 Å². The highest BCUT2D eigenvalue weighted by molar-refractivity contribution is 5.24. The standard InChI is InChI=1S/C13H17F2NO/c1-13(17,9-4-6-16-7-5-9)10-2-3-11(14)12(15)8-10/h2-3,8-9,16-17H,4-7H2,1H3. The molecular weight excluding hydrogens is 224 g/mol. The van der Waals surface area contributed by atoms with E-state index >= 15 is 0 Å². The van der Waals surface area contributed by atoms with Crippen LogP contribution in [0.25, 0.3) is 0 Å². The molecule has 1 aromatic rings. The van der Waals surface area contributed by atoms with E-state index in [1.54, 1.807) is 6.92 Å². The molecule has 17 heavy (non-hydrogen) atoms. The Morgan fingerprint density at radius 1 is 1.24 bits per heavy atom. The van der Waals surface area contributed by atoms with Crippen LogP contribution in [0, 0.1) is 17.6 Å². The third-order valence-electron chi connectivity index (χ3n) is 3.64. The minimum atomic E-state index is -1.10. The van der Waals surface area contributed by atoms with Gasteiger partial charge in [0.05, 0.1) is 5.60 Å². The molecule has 2 nitrogen and oxygen atoms in total. The van der Waals surface area contributed by atoms with Gasteiger partial charge in [-0.15, -0.1) is 0 Å². The maximum atomic E-state index is 13.2. The summed E-state index contributed by atoms with van der Waals surface area (Å²) < 4.78 is 26.0. The summed E-state index contributed by atoms with van der Waals surface area (Å²) in [4.78, 5) is 0. The highest BCUT2D eigenvalue weighted by atomic mass is 19.2. The molecule has 1 unspecified atom stereocenters. The third kappa shape index (κ3) is 2.48. The molecule has 2 N–H and O–H groups in total. The molecule has 94 valence electrons. The van der Waals surface area contributed by atoms with Crippen LogP contribution in [0.15, 0.2) is 18.2 Å². The maximum Gasteiger partial charge on any atom is 0.159 e. The van der Waals surface area contributed by atoms with Crippen molar-refractivity contribution >= 4 is 0 Å². The van der Waals surface area contributed by atoms with E-state index in [1.807, 2.05) is 0 Å². The van der Waals surface area contributed by atoms with Crippen LogP contribution in [0.2, 0.25) is 0 Å². The fourth-order valence-corrected chi connectivity index (χ4v) is 2.43. The average molecular weight is 241 g/mol. The van der Waals surface area contributed by atoms with Crippen LogP contribution < -0.4 is 5.32 Å². The SMILES string of the molecule is CC(O)(c1ccc(F)c(F)c1)C1CCNCC1. The molecule has 4 heteroatoms. The number of aliphatic hydroxyl groups is 1. The minimum Gasteiger partial charge on any atom is -0.385 e. The number of halogens is 2. The molecule has 0 aromatic heterocycles. The van der Waals surface area contributed by atoms with Crippen molar-refractivity contribution in [1.82, 2.24) is 5.32 Å². The molecule has 1 fully saturated rings. The highest BCUT2D eigenvalue weighted by Gasteiger charge is 2.34. The Morgan fingerprint density at radius 2 is 1.88 bits per heavy atom. The van der Waals surface area contributed by atoms with Crippen molar-refractivity contribution in [2.45, 2.75) is 25.4 Å². The second kappa shape index (κ2) is 4.70. The van der Waals surface area contributed by atoms with Crippen molar-refractivity contribution in [1.29, 1.82) is 0 Å². The third-order valence-corrected chi connectivity index (χ3v) is 3.64. The van der Waals surface area contributed by atoms with Gasteiger partial charge >= 0.3 is 0 Å². The van der Waals surface area contributed by atoms with E-state index in [0.717, 1.165) is 38.1 Å². The summed E-state index contributed by atoms with van der Waals surface area (Å²) in [5.41, 5.74) is -0.653. The zero-order valence-electron chi connectivity index (χ0n) is 9.84. The Hall–Kier alpha value is -1.00. The van der Waals surface area contributed by atoms with Gasteiger partial charge in [-0.05, 0) is 56.5 Å². The van der Waals surface area contributed by atoms with Crippen molar-refractivity contribution in [2.75, 3.05) is 13.1 Å². The quantitative estimate of drug-likeness (QED) is 0.831. The van der Waals surface area contributed by atoms with E-state index in [0.29, 0.717) is 5.56 Å². The number of piperidine rings is 1. The van der Waals surface area contributed by atoms with Gasteiger partial charge in [0, 0.05) is 0 Å². The molecule has 1 aliphatic rings. The van der Waals surface area contributed by atoms with Crippen molar-refractivity contribution < 1.29 is 13.9 Å². The first-order valence-electron chi connectivity index (χ1n) is 5.90. The predicted molar refractivity (Wildman–Crippen MR) is 61.5 cm³/mol. The molecule has 2 rings (SSSR count). The van der Waals surface area contributed by atoms with Crippen LogP contribution >= 0.6 is 0 Å².